The maximum Gasteiger partial charge on any atom is 0.306 e. The summed E-state index contributed by atoms with van der Waals surface area (Å²) in [4.78, 5) is 14.5. The van der Waals surface area contributed by atoms with E-state index in [4.69, 9.17) is 25.5 Å². The Labute approximate surface area is 245 Å². The lowest BCUT2D eigenvalue weighted by Gasteiger charge is -2.40. The molecule has 4 heterocycles. The first-order chi connectivity index (χ1) is 17.9. The summed E-state index contributed by atoms with van der Waals surface area (Å²) in [7, 11) is 0. The Morgan fingerprint density at radius 1 is 0.974 bits per heavy atom. The molecule has 7 atom stereocenters. The van der Waals surface area contributed by atoms with Gasteiger partial charge in [-0.1, -0.05) is 76.1 Å². The smallest absolute Gasteiger partial charge is 0.306 e. The number of hydrogen-bond acceptors (Lipinski definition) is 5. The van der Waals surface area contributed by atoms with E-state index >= 15 is 0 Å². The second-order valence-corrected chi connectivity index (χ2v) is 12.0. The predicted octanol–water partition coefficient (Wildman–Crippen LogP) is 8.01. The highest BCUT2D eigenvalue weighted by molar-refractivity contribution is 14.1. The molecule has 0 saturated carbocycles. The van der Waals surface area contributed by atoms with Crippen LogP contribution in [0.15, 0.2) is 12.2 Å². The molecule has 0 N–H and O–H groups in total. The molecule has 0 aromatic heterocycles. The van der Waals surface area contributed by atoms with Crippen molar-refractivity contribution in [1.29, 1.82) is 0 Å². The van der Waals surface area contributed by atoms with Gasteiger partial charge in [0, 0.05) is 23.7 Å². The molecule has 0 aromatic rings. The number of rotatable bonds is 12. The van der Waals surface area contributed by atoms with Crippen molar-refractivity contribution >= 4 is 28.6 Å². The van der Waals surface area contributed by atoms with Crippen molar-refractivity contribution in [3.05, 3.63) is 23.6 Å². The van der Waals surface area contributed by atoms with Crippen LogP contribution in [0.25, 0.3) is 4.85 Å². The minimum atomic E-state index is -0.0656. The summed E-state index contributed by atoms with van der Waals surface area (Å²) in [5.74, 6) is -0.0491. The third kappa shape index (κ3) is 9.74. The first kappa shape index (κ1) is 33.5. The number of carbonyl (C=O) groups is 1. The third-order valence-electron chi connectivity index (χ3n) is 8.24. The van der Waals surface area contributed by atoms with Crippen LogP contribution in [0.2, 0.25) is 0 Å². The van der Waals surface area contributed by atoms with Crippen molar-refractivity contribution in [1.82, 2.24) is 0 Å². The van der Waals surface area contributed by atoms with Gasteiger partial charge < -0.3 is 23.8 Å². The molecule has 4 aliphatic rings. The SMILES string of the molecule is C.C=C1C[C@H](CCCC)OC1CC[C@@H]1CCC(=O)O1.[C-]#[N+]CC[C@H]1CC[C@@H]2O[C@@H](CCCC)C[C@]2(CI)O1. The summed E-state index contributed by atoms with van der Waals surface area (Å²) >= 11 is 2.44. The van der Waals surface area contributed by atoms with E-state index in [0.29, 0.717) is 25.2 Å². The first-order valence-corrected chi connectivity index (χ1v) is 16.2. The second kappa shape index (κ2) is 17.2. The Balaban J connectivity index is 0.000000260. The van der Waals surface area contributed by atoms with Gasteiger partial charge >= 0.3 is 5.97 Å². The van der Waals surface area contributed by atoms with Gasteiger partial charge in [-0.15, -0.1) is 0 Å². The summed E-state index contributed by atoms with van der Waals surface area (Å²) in [6.07, 6.45) is 17.3. The number of hydrogen-bond donors (Lipinski definition) is 0. The van der Waals surface area contributed by atoms with E-state index in [1.165, 1.54) is 37.7 Å². The van der Waals surface area contributed by atoms with Gasteiger partial charge in [0.1, 0.15) is 11.7 Å². The molecule has 4 rings (SSSR count). The number of cyclic esters (lactones) is 1. The van der Waals surface area contributed by atoms with Crippen molar-refractivity contribution in [3.8, 4) is 0 Å². The highest BCUT2D eigenvalue weighted by Crippen LogP contribution is 2.44. The van der Waals surface area contributed by atoms with E-state index in [1.807, 2.05) is 0 Å². The van der Waals surface area contributed by atoms with Gasteiger partial charge in [0.25, 0.3) is 0 Å². The molecule has 0 aromatic carbocycles. The number of carbonyl (C=O) groups excluding carboxylic acids is 1. The van der Waals surface area contributed by atoms with Gasteiger partial charge in [0.15, 0.2) is 0 Å². The monoisotopic (exact) mass is 645 g/mol. The number of esters is 1. The van der Waals surface area contributed by atoms with Gasteiger partial charge in [0.05, 0.1) is 30.5 Å². The highest BCUT2D eigenvalue weighted by Gasteiger charge is 2.52. The Kier molecular flexibility index (Phi) is 15.2. The Bertz CT molecular complexity index is 770. The predicted molar refractivity (Wildman–Crippen MR) is 162 cm³/mol. The average molecular weight is 646 g/mol. The number of nitrogens with zero attached hydrogens (tertiary/aromatic N) is 1. The molecule has 38 heavy (non-hydrogen) atoms. The van der Waals surface area contributed by atoms with Crippen LogP contribution in [-0.4, -0.2) is 59.2 Å². The fourth-order valence-corrected chi connectivity index (χ4v) is 7.07. The number of alkyl halides is 1. The van der Waals surface area contributed by atoms with E-state index in [1.54, 1.807) is 0 Å². The Hall–Kier alpha value is -0.690. The molecular formula is C31H52INO5. The molecule has 0 aliphatic carbocycles. The third-order valence-corrected chi connectivity index (χ3v) is 9.53. The molecule has 4 fully saturated rings. The highest BCUT2D eigenvalue weighted by atomic mass is 127. The molecule has 4 aliphatic heterocycles. The molecule has 0 amide bonds. The van der Waals surface area contributed by atoms with Crippen LogP contribution in [-0.2, 0) is 23.7 Å². The van der Waals surface area contributed by atoms with Crippen molar-refractivity contribution in [2.75, 3.05) is 11.0 Å². The summed E-state index contributed by atoms with van der Waals surface area (Å²) in [6, 6.07) is 0. The zero-order valence-electron chi connectivity index (χ0n) is 23.1. The molecule has 0 radical (unpaired) electrons. The maximum absolute atomic E-state index is 11.0. The van der Waals surface area contributed by atoms with Crippen LogP contribution in [0.3, 0.4) is 0 Å². The fourth-order valence-electron chi connectivity index (χ4n) is 6.09. The van der Waals surface area contributed by atoms with Gasteiger partial charge in [-0.3, -0.25) is 4.79 Å². The van der Waals surface area contributed by atoms with Gasteiger partial charge in [0.2, 0.25) is 6.54 Å². The number of ether oxygens (including phenoxy) is 4. The fraction of sp³-hybridized carbons (Fsp3) is 0.871. The van der Waals surface area contributed by atoms with Crippen LogP contribution in [0.5, 0.6) is 0 Å². The van der Waals surface area contributed by atoms with E-state index in [-0.39, 0.29) is 43.4 Å². The molecule has 218 valence electrons. The molecule has 1 unspecified atom stereocenters. The first-order valence-electron chi connectivity index (χ1n) is 14.7. The lowest BCUT2D eigenvalue weighted by molar-refractivity contribution is -0.152. The summed E-state index contributed by atoms with van der Waals surface area (Å²) in [5, 5.41) is 0. The average Bonchev–Trinajstić information content (AvgIpc) is 3.60. The number of fused-ring (bicyclic) bond motifs is 1. The van der Waals surface area contributed by atoms with Crippen molar-refractivity contribution in [2.45, 2.75) is 160 Å². The maximum atomic E-state index is 11.0. The lowest BCUT2D eigenvalue weighted by Crippen LogP contribution is -2.49. The van der Waals surface area contributed by atoms with Crippen LogP contribution >= 0.6 is 22.6 Å². The van der Waals surface area contributed by atoms with Crippen LogP contribution in [0.4, 0.5) is 0 Å². The summed E-state index contributed by atoms with van der Waals surface area (Å²) in [5.41, 5.74) is 1.16. The minimum absolute atomic E-state index is 0. The molecular weight excluding hydrogens is 593 g/mol. The lowest BCUT2D eigenvalue weighted by atomic mass is 9.87. The van der Waals surface area contributed by atoms with Crippen molar-refractivity contribution in [3.63, 3.8) is 0 Å². The van der Waals surface area contributed by atoms with E-state index in [2.05, 4.69) is 47.9 Å². The van der Waals surface area contributed by atoms with Gasteiger partial charge in [-0.2, -0.15) is 0 Å². The normalized spacial score (nSPS) is 34.1. The molecule has 4 saturated heterocycles. The quantitative estimate of drug-likeness (QED) is 0.0708. The standard InChI is InChI=1S/C15H24INO2.C15H24O3.CH4/c1-3-4-5-13-10-15(11-16)14(18-13)7-6-12(19-15)8-9-17-2;1-3-4-5-13-10-11(2)14(17-13)8-6-12-7-9-15(16)18-12;/h12-14H,3-11H2,1H3;12-14H,2-10H2,1H3;1H4/t12-,13+,14+,15-;12-,13+,14?;/m11./s1. The second-order valence-electron chi connectivity index (χ2n) is 11.3. The zero-order valence-corrected chi connectivity index (χ0v) is 25.2. The Morgan fingerprint density at radius 3 is 2.34 bits per heavy atom. The summed E-state index contributed by atoms with van der Waals surface area (Å²) < 4.78 is 24.9. The van der Waals surface area contributed by atoms with E-state index in [0.717, 1.165) is 62.2 Å². The van der Waals surface area contributed by atoms with Crippen LogP contribution < -0.4 is 0 Å². The van der Waals surface area contributed by atoms with Crippen LogP contribution in [0, 0.1) is 6.57 Å². The Morgan fingerprint density at radius 2 is 1.71 bits per heavy atom. The van der Waals surface area contributed by atoms with Crippen LogP contribution in [0.1, 0.15) is 118 Å². The molecule has 0 bridgehead atoms. The van der Waals surface area contributed by atoms with Gasteiger partial charge in [-0.25, -0.2) is 6.57 Å². The molecule has 6 nitrogen and oxygen atoms in total. The zero-order chi connectivity index (χ0) is 26.7. The van der Waals surface area contributed by atoms with Crippen molar-refractivity contribution < 1.29 is 23.7 Å². The number of halogens is 1. The van der Waals surface area contributed by atoms with Gasteiger partial charge in [-0.05, 0) is 56.9 Å². The molecule has 0 spiro atoms. The van der Waals surface area contributed by atoms with E-state index in [9.17, 15) is 4.79 Å². The summed E-state index contributed by atoms with van der Waals surface area (Å²) in [6.45, 7) is 16.1. The minimum Gasteiger partial charge on any atom is -0.462 e. The topological polar surface area (TPSA) is 58.4 Å². The number of unbranched alkanes of at least 4 members (excludes halogenated alkanes) is 2. The van der Waals surface area contributed by atoms with E-state index < -0.39 is 0 Å². The largest absolute Gasteiger partial charge is 0.462 e. The molecule has 7 heteroatoms. The van der Waals surface area contributed by atoms with Crippen molar-refractivity contribution in [2.24, 2.45) is 0 Å².